The molecule has 10 heteroatoms. The van der Waals surface area contributed by atoms with Crippen molar-refractivity contribution >= 4 is 17.7 Å². The van der Waals surface area contributed by atoms with Crippen molar-refractivity contribution in [1.82, 2.24) is 5.06 Å². The third-order valence-electron chi connectivity index (χ3n) is 4.86. The van der Waals surface area contributed by atoms with Crippen LogP contribution >= 0.6 is 0 Å². The second kappa shape index (κ2) is 8.33. The van der Waals surface area contributed by atoms with Crippen LogP contribution in [-0.4, -0.2) is 55.1 Å². The fraction of sp³-hybridized carbons (Fsp3) is 0.600. The van der Waals surface area contributed by atoms with Crippen molar-refractivity contribution in [1.29, 1.82) is 0 Å². The summed E-state index contributed by atoms with van der Waals surface area (Å²) in [6.45, 7) is 5.03. The lowest BCUT2D eigenvalue weighted by molar-refractivity contribution is -0.153. The number of nitrogens with zero attached hydrogens (tertiary/aromatic N) is 2. The van der Waals surface area contributed by atoms with Gasteiger partial charge in [0.15, 0.2) is 6.61 Å². The average molecular weight is 430 g/mol. The molecule has 2 saturated heterocycles. The van der Waals surface area contributed by atoms with Gasteiger partial charge in [-0.05, 0) is 57.4 Å². The van der Waals surface area contributed by atoms with Gasteiger partial charge in [-0.2, -0.15) is 13.2 Å². The molecule has 1 aromatic rings. The summed E-state index contributed by atoms with van der Waals surface area (Å²) < 4.78 is 46.6. The van der Waals surface area contributed by atoms with Crippen molar-refractivity contribution in [3.63, 3.8) is 0 Å². The van der Waals surface area contributed by atoms with Gasteiger partial charge < -0.3 is 19.2 Å². The summed E-state index contributed by atoms with van der Waals surface area (Å²) in [6.07, 6.45) is -4.50. The minimum Gasteiger partial charge on any atom is -0.484 e. The number of hydrogen-bond acceptors (Lipinski definition) is 6. The molecule has 1 amide bonds. The first-order valence-corrected chi connectivity index (χ1v) is 9.68. The number of ether oxygens (including phenoxy) is 2. The van der Waals surface area contributed by atoms with Crippen molar-refractivity contribution in [3.8, 4) is 5.75 Å². The molecule has 2 atom stereocenters. The van der Waals surface area contributed by atoms with Gasteiger partial charge in [0, 0.05) is 25.3 Å². The van der Waals surface area contributed by atoms with Crippen LogP contribution in [0.5, 0.6) is 5.75 Å². The van der Waals surface area contributed by atoms with Crippen LogP contribution in [0.25, 0.3) is 0 Å². The van der Waals surface area contributed by atoms with Gasteiger partial charge in [-0.1, -0.05) is 0 Å². The zero-order chi connectivity index (χ0) is 22.1. The predicted molar refractivity (Wildman–Crippen MR) is 101 cm³/mol. The Morgan fingerprint density at radius 1 is 1.13 bits per heavy atom. The molecule has 2 heterocycles. The number of anilines is 1. The summed E-state index contributed by atoms with van der Waals surface area (Å²) >= 11 is 0. The number of benzene rings is 1. The van der Waals surface area contributed by atoms with E-state index in [2.05, 4.69) is 0 Å². The molecule has 0 spiro atoms. The molecule has 2 fully saturated rings. The molecule has 0 unspecified atom stereocenters. The van der Waals surface area contributed by atoms with E-state index in [1.165, 1.54) is 17.2 Å². The molecule has 0 bridgehead atoms. The number of rotatable bonds is 4. The largest absolute Gasteiger partial charge is 0.528 e. The summed E-state index contributed by atoms with van der Waals surface area (Å²) in [5, 5.41) is 1.46. The third-order valence-corrected chi connectivity index (χ3v) is 4.86. The van der Waals surface area contributed by atoms with Crippen LogP contribution < -0.4 is 9.64 Å². The Balaban J connectivity index is 1.58. The number of amides is 1. The maximum atomic E-state index is 13.0. The summed E-state index contributed by atoms with van der Waals surface area (Å²) in [6, 6.07) is 5.95. The van der Waals surface area contributed by atoms with Crippen molar-refractivity contribution < 1.29 is 37.1 Å². The standard InChI is InChI=1S/C20H25F3N2O5/c1-19(2,3)29-18(27)30-24-10-13-8-9-25(17(26)16(13)11-24)14-4-6-15(7-5-14)28-12-20(21,22)23/h4-7,13,16H,8-12H2,1-3H3/t13-,16+/m1/s1. The molecular formula is C20H25F3N2O5. The fourth-order valence-electron chi connectivity index (χ4n) is 3.60. The first-order chi connectivity index (χ1) is 13.9. The van der Waals surface area contributed by atoms with Crippen LogP contribution in [0.15, 0.2) is 24.3 Å². The highest BCUT2D eigenvalue weighted by Crippen LogP contribution is 2.35. The van der Waals surface area contributed by atoms with Crippen molar-refractivity contribution in [3.05, 3.63) is 24.3 Å². The highest BCUT2D eigenvalue weighted by Gasteiger charge is 2.45. The lowest BCUT2D eigenvalue weighted by Crippen LogP contribution is -2.45. The number of piperidine rings is 1. The van der Waals surface area contributed by atoms with Gasteiger partial charge in [-0.25, -0.2) is 4.79 Å². The van der Waals surface area contributed by atoms with Crippen LogP contribution in [0.1, 0.15) is 27.2 Å². The summed E-state index contributed by atoms with van der Waals surface area (Å²) in [7, 11) is 0. The van der Waals surface area contributed by atoms with E-state index < -0.39 is 24.5 Å². The minimum atomic E-state index is -4.41. The highest BCUT2D eigenvalue weighted by atomic mass is 19.4. The van der Waals surface area contributed by atoms with E-state index in [4.69, 9.17) is 14.3 Å². The number of hydrogen-bond donors (Lipinski definition) is 0. The zero-order valence-corrected chi connectivity index (χ0v) is 17.1. The molecule has 30 heavy (non-hydrogen) atoms. The van der Waals surface area contributed by atoms with Crippen LogP contribution in [0.4, 0.5) is 23.7 Å². The van der Waals surface area contributed by atoms with Gasteiger partial charge in [0.05, 0.1) is 5.92 Å². The van der Waals surface area contributed by atoms with E-state index in [0.29, 0.717) is 18.8 Å². The lowest BCUT2D eigenvalue weighted by Gasteiger charge is -2.33. The van der Waals surface area contributed by atoms with E-state index in [1.54, 1.807) is 37.8 Å². The maximum absolute atomic E-state index is 13.0. The fourth-order valence-corrected chi connectivity index (χ4v) is 3.60. The second-order valence-corrected chi connectivity index (χ2v) is 8.45. The average Bonchev–Trinajstić information content (AvgIpc) is 3.02. The quantitative estimate of drug-likeness (QED) is 0.678. The Hall–Kier alpha value is -2.49. The first-order valence-electron chi connectivity index (χ1n) is 9.68. The summed E-state index contributed by atoms with van der Waals surface area (Å²) in [4.78, 5) is 31.7. The zero-order valence-electron chi connectivity index (χ0n) is 17.1. The Kier molecular flexibility index (Phi) is 6.16. The maximum Gasteiger partial charge on any atom is 0.528 e. The van der Waals surface area contributed by atoms with Crippen molar-refractivity contribution in [2.24, 2.45) is 11.8 Å². The van der Waals surface area contributed by atoms with Gasteiger partial charge in [0.1, 0.15) is 11.4 Å². The Bertz CT molecular complexity index is 776. The van der Waals surface area contributed by atoms with Gasteiger partial charge in [-0.15, -0.1) is 5.06 Å². The van der Waals surface area contributed by atoms with Gasteiger partial charge in [-0.3, -0.25) is 4.79 Å². The molecule has 0 aromatic heterocycles. The topological polar surface area (TPSA) is 68.3 Å². The molecule has 1 aromatic carbocycles. The highest BCUT2D eigenvalue weighted by molar-refractivity contribution is 5.96. The second-order valence-electron chi connectivity index (χ2n) is 8.45. The molecule has 2 aliphatic heterocycles. The number of carbonyl (C=O) groups is 2. The lowest BCUT2D eigenvalue weighted by atomic mass is 9.87. The number of alkyl halides is 3. The molecule has 0 saturated carbocycles. The third kappa shape index (κ3) is 5.78. The molecule has 7 nitrogen and oxygen atoms in total. The van der Waals surface area contributed by atoms with E-state index in [1.807, 2.05) is 0 Å². The SMILES string of the molecule is CC(C)(C)OC(=O)ON1C[C@H]2CCN(c3ccc(OCC(F)(F)F)cc3)C(=O)[C@H]2C1. The van der Waals surface area contributed by atoms with Crippen molar-refractivity contribution in [2.45, 2.75) is 39.0 Å². The van der Waals surface area contributed by atoms with E-state index in [0.717, 1.165) is 6.42 Å². The van der Waals surface area contributed by atoms with Gasteiger partial charge in [0.2, 0.25) is 5.91 Å². The monoisotopic (exact) mass is 430 g/mol. The van der Waals surface area contributed by atoms with Crippen LogP contribution in [-0.2, 0) is 14.4 Å². The van der Waals surface area contributed by atoms with E-state index in [9.17, 15) is 22.8 Å². The normalized spacial score (nSPS) is 22.6. The van der Waals surface area contributed by atoms with Gasteiger partial charge in [0.25, 0.3) is 0 Å². The van der Waals surface area contributed by atoms with Crippen LogP contribution in [0.2, 0.25) is 0 Å². The van der Waals surface area contributed by atoms with Gasteiger partial charge >= 0.3 is 12.3 Å². The van der Waals surface area contributed by atoms with E-state index in [-0.39, 0.29) is 30.0 Å². The number of halogens is 3. The van der Waals surface area contributed by atoms with Crippen LogP contribution in [0, 0.1) is 11.8 Å². The first kappa shape index (κ1) is 22.2. The summed E-state index contributed by atoms with van der Waals surface area (Å²) in [5.74, 6) is -0.297. The Morgan fingerprint density at radius 2 is 1.80 bits per heavy atom. The molecule has 0 aliphatic carbocycles. The summed E-state index contributed by atoms with van der Waals surface area (Å²) in [5.41, 5.74) is -0.0871. The minimum absolute atomic E-state index is 0.0607. The predicted octanol–water partition coefficient (Wildman–Crippen LogP) is 3.78. The Morgan fingerprint density at radius 3 is 2.40 bits per heavy atom. The molecule has 3 rings (SSSR count). The smallest absolute Gasteiger partial charge is 0.484 e. The molecule has 0 N–H and O–H groups in total. The molecular weight excluding hydrogens is 405 g/mol. The Labute approximate surface area is 172 Å². The molecule has 2 aliphatic rings. The number of fused-ring (bicyclic) bond motifs is 1. The number of hydroxylamine groups is 2. The number of carbonyl (C=O) groups excluding carboxylic acids is 2. The molecule has 166 valence electrons. The van der Waals surface area contributed by atoms with Crippen molar-refractivity contribution in [2.75, 3.05) is 31.1 Å². The van der Waals surface area contributed by atoms with E-state index >= 15 is 0 Å². The van der Waals surface area contributed by atoms with Crippen LogP contribution in [0.3, 0.4) is 0 Å². The molecule has 0 radical (unpaired) electrons.